The van der Waals surface area contributed by atoms with E-state index in [9.17, 15) is 26.4 Å². The number of fused-ring (bicyclic) bond motifs is 2. The number of sulfone groups is 1. The third kappa shape index (κ3) is 7.78. The van der Waals surface area contributed by atoms with Crippen LogP contribution in [0.1, 0.15) is 70.3 Å². The van der Waals surface area contributed by atoms with E-state index in [0.29, 0.717) is 7.18 Å². The molecule has 0 radical (unpaired) electrons. The van der Waals surface area contributed by atoms with Crippen LogP contribution in [0.4, 0.5) is 18.0 Å². The maximum atomic E-state index is 14.9. The lowest BCUT2D eigenvalue weighted by atomic mass is 9.98. The Morgan fingerprint density at radius 2 is 1.82 bits per heavy atom. The summed E-state index contributed by atoms with van der Waals surface area (Å²) < 4.78 is 70.6. The average molecular weight is 589 g/mol. The zero-order valence-corrected chi connectivity index (χ0v) is 24.1. The monoisotopic (exact) mass is 588 g/mol. The second-order valence-electron chi connectivity index (χ2n) is 9.28. The molecule has 1 aromatic heterocycles. The van der Waals surface area contributed by atoms with Gasteiger partial charge in [-0.2, -0.15) is 0 Å². The second kappa shape index (κ2) is 13.4. The molecule has 0 aliphatic carbocycles. The van der Waals surface area contributed by atoms with Crippen LogP contribution in [0.5, 0.6) is 0 Å². The number of hydrogen-bond donors (Lipinski definition) is 1. The smallest absolute Gasteiger partial charge is 0.413 e. The minimum Gasteiger partial charge on any atom is -0.444 e. The number of aromatic nitrogens is 2. The quantitative estimate of drug-likeness (QED) is 0.452. The van der Waals surface area contributed by atoms with Crippen molar-refractivity contribution in [2.75, 3.05) is 7.18 Å². The highest BCUT2D eigenvalue weighted by atomic mass is 35.5. The van der Waals surface area contributed by atoms with Gasteiger partial charge in [-0.3, -0.25) is 14.7 Å². The highest BCUT2D eigenvalue weighted by molar-refractivity contribution is 7.93. The third-order valence-electron chi connectivity index (χ3n) is 5.59. The van der Waals surface area contributed by atoms with Crippen molar-refractivity contribution in [1.82, 2.24) is 15.3 Å². The Kier molecular flexibility index (Phi) is 11.1. The number of amidine groups is 1. The van der Waals surface area contributed by atoms with Gasteiger partial charge in [-0.05, 0) is 57.4 Å². The Balaban J connectivity index is 0.00000127. The molecule has 1 N–H and O–H groups in total. The summed E-state index contributed by atoms with van der Waals surface area (Å²) in [5, 5.41) is 0.587. The van der Waals surface area contributed by atoms with Gasteiger partial charge in [-0.15, -0.1) is 0 Å². The molecule has 3 heterocycles. The van der Waals surface area contributed by atoms with Crippen molar-refractivity contribution in [1.29, 1.82) is 0 Å². The predicted octanol–water partition coefficient (Wildman–Crippen LogP) is 6.27. The molecule has 3 atom stereocenters. The van der Waals surface area contributed by atoms with Gasteiger partial charge in [0.15, 0.2) is 15.7 Å². The molecule has 3 unspecified atom stereocenters. The fourth-order valence-electron chi connectivity index (χ4n) is 4.13. The van der Waals surface area contributed by atoms with Gasteiger partial charge in [0.2, 0.25) is 0 Å². The van der Waals surface area contributed by atoms with Crippen molar-refractivity contribution in [3.05, 3.63) is 58.4 Å². The van der Waals surface area contributed by atoms with Crippen molar-refractivity contribution >= 4 is 45.3 Å². The first-order valence-electron chi connectivity index (χ1n) is 12.2. The zero-order chi connectivity index (χ0) is 29.5. The maximum Gasteiger partial charge on any atom is 0.413 e. The highest BCUT2D eigenvalue weighted by Crippen LogP contribution is 2.43. The van der Waals surface area contributed by atoms with Crippen molar-refractivity contribution in [3.63, 3.8) is 0 Å². The summed E-state index contributed by atoms with van der Waals surface area (Å²) in [6, 6.07) is 2.69. The molecule has 2 aliphatic rings. The lowest BCUT2D eigenvalue weighted by Gasteiger charge is -2.29. The van der Waals surface area contributed by atoms with Crippen LogP contribution in [0.15, 0.2) is 35.6 Å². The van der Waals surface area contributed by atoms with E-state index < -0.39 is 49.7 Å². The van der Waals surface area contributed by atoms with Crippen LogP contribution in [-0.4, -0.2) is 53.6 Å². The molecule has 214 valence electrons. The van der Waals surface area contributed by atoms with Gasteiger partial charge < -0.3 is 4.74 Å². The number of benzene rings is 1. The standard InChI is InChI=1S/C23H23ClF2N4O4S.C2H6.CH3F/c1-23(2,3)34-22(31)30-21-18-7-6-17(35(18,32)33)20(29-21)13-8-12(4-5-14(13)25)9-15(26)16-10-28-19(24)11-27-16;2*1-2/h4-5,8-11,17-18,20H,6-7H2,1-3H3,(H,29,30,31);1-2H3;1H3/b15-9-;;. The van der Waals surface area contributed by atoms with Crippen molar-refractivity contribution in [2.45, 2.75) is 69.6 Å². The molecular weight excluding hydrogens is 557 g/mol. The minimum absolute atomic E-state index is 0.0221. The lowest BCUT2D eigenvalue weighted by molar-refractivity contribution is 0.0562. The number of amides is 1. The van der Waals surface area contributed by atoms with E-state index in [-0.39, 0.29) is 40.7 Å². The molecule has 8 nitrogen and oxygen atoms in total. The Bertz CT molecular complexity index is 1330. The van der Waals surface area contributed by atoms with Gasteiger partial charge in [0.25, 0.3) is 0 Å². The van der Waals surface area contributed by atoms with Crippen LogP contribution < -0.4 is 5.32 Å². The van der Waals surface area contributed by atoms with E-state index in [1.165, 1.54) is 18.3 Å². The molecule has 13 heteroatoms. The molecule has 1 amide bonds. The van der Waals surface area contributed by atoms with Crippen LogP contribution in [0.3, 0.4) is 0 Å². The molecule has 0 saturated carbocycles. The van der Waals surface area contributed by atoms with Gasteiger partial charge in [0.1, 0.15) is 33.4 Å². The van der Waals surface area contributed by atoms with Crippen LogP contribution in [-0.2, 0) is 14.6 Å². The first-order valence-corrected chi connectivity index (χ1v) is 14.2. The van der Waals surface area contributed by atoms with Crippen LogP contribution in [0.25, 0.3) is 11.9 Å². The Labute approximate surface area is 231 Å². The first kappa shape index (κ1) is 32.2. The Hall–Kier alpha value is -2.99. The van der Waals surface area contributed by atoms with Crippen LogP contribution in [0.2, 0.25) is 5.15 Å². The van der Waals surface area contributed by atoms with Crippen LogP contribution in [0, 0.1) is 5.82 Å². The number of ether oxygens (including phenoxy) is 1. The third-order valence-corrected chi connectivity index (χ3v) is 8.38. The highest BCUT2D eigenvalue weighted by Gasteiger charge is 2.52. The zero-order valence-electron chi connectivity index (χ0n) is 22.5. The van der Waals surface area contributed by atoms with Crippen molar-refractivity contribution < 1.29 is 31.1 Å². The molecule has 1 fully saturated rings. The summed E-state index contributed by atoms with van der Waals surface area (Å²) >= 11 is 5.68. The maximum absolute atomic E-state index is 14.9. The fraction of sp³-hybridized carbons (Fsp3) is 0.462. The summed E-state index contributed by atoms with van der Waals surface area (Å²) in [6.07, 6.45) is 3.11. The molecule has 39 heavy (non-hydrogen) atoms. The fourth-order valence-corrected chi connectivity index (χ4v) is 6.57. The molecule has 4 rings (SSSR count). The Morgan fingerprint density at radius 1 is 1.15 bits per heavy atom. The normalized spacial score (nSPS) is 21.4. The van der Waals surface area contributed by atoms with E-state index >= 15 is 0 Å². The SMILES string of the molecule is CC.CC(C)(C)OC(=O)NC1=NC(c2cc(/C=C(\F)c3cnc(Cl)cn3)ccc2F)C2CCC1S2(=O)=O.CF. The molecule has 0 spiro atoms. The molecule has 2 aliphatic heterocycles. The number of nitrogens with zero attached hydrogens (tertiary/aromatic N) is 3. The van der Waals surface area contributed by atoms with Gasteiger partial charge in [-0.1, -0.05) is 31.5 Å². The van der Waals surface area contributed by atoms with E-state index in [1.807, 2.05) is 13.8 Å². The second-order valence-corrected chi connectivity index (χ2v) is 12.0. The number of hydrogen-bond acceptors (Lipinski definition) is 7. The minimum atomic E-state index is -3.75. The summed E-state index contributed by atoms with van der Waals surface area (Å²) in [7, 11) is -3.25. The molecule has 1 aromatic carbocycles. The number of halogens is 4. The van der Waals surface area contributed by atoms with Crippen molar-refractivity contribution in [2.24, 2.45) is 4.99 Å². The van der Waals surface area contributed by atoms with Gasteiger partial charge in [0.05, 0.1) is 30.9 Å². The van der Waals surface area contributed by atoms with E-state index in [1.54, 1.807) is 20.8 Å². The summed E-state index contributed by atoms with van der Waals surface area (Å²) in [6.45, 7) is 9.01. The van der Waals surface area contributed by atoms with Crippen molar-refractivity contribution in [3.8, 4) is 0 Å². The Morgan fingerprint density at radius 3 is 2.41 bits per heavy atom. The predicted molar refractivity (Wildman–Crippen MR) is 146 cm³/mol. The number of carbonyl (C=O) groups excluding carboxylic acids is 1. The number of alkyl carbamates (subject to hydrolysis) is 1. The first-order chi connectivity index (χ1) is 18.3. The molecule has 2 aromatic rings. The van der Waals surface area contributed by atoms with Gasteiger partial charge in [0, 0.05) is 5.56 Å². The summed E-state index contributed by atoms with van der Waals surface area (Å²) in [5.41, 5.74) is -0.626. The largest absolute Gasteiger partial charge is 0.444 e. The number of alkyl halides is 1. The molecule has 1 saturated heterocycles. The molecular formula is C26H32ClF3N4O4S. The topological polar surface area (TPSA) is 111 Å². The van der Waals surface area contributed by atoms with Gasteiger partial charge in [-0.25, -0.2) is 32.0 Å². The number of carbonyl (C=O) groups is 1. The number of aliphatic imine (C=N–C) groups is 1. The summed E-state index contributed by atoms with van der Waals surface area (Å²) in [4.78, 5) is 24.4. The molecule has 2 bridgehead atoms. The number of nitrogens with one attached hydrogen (secondary N) is 1. The average Bonchev–Trinajstić information content (AvgIpc) is 3.05. The van der Waals surface area contributed by atoms with E-state index in [4.69, 9.17) is 16.3 Å². The van der Waals surface area contributed by atoms with Crippen LogP contribution >= 0.6 is 11.6 Å². The summed E-state index contributed by atoms with van der Waals surface area (Å²) in [5.74, 6) is -1.51. The lowest BCUT2D eigenvalue weighted by Crippen LogP contribution is -2.47. The van der Waals surface area contributed by atoms with E-state index in [0.717, 1.165) is 18.3 Å². The van der Waals surface area contributed by atoms with E-state index in [2.05, 4.69) is 20.3 Å². The van der Waals surface area contributed by atoms with Gasteiger partial charge >= 0.3 is 6.09 Å². The number of rotatable bonds is 3.